The molecule has 2 amide bonds. The van der Waals surface area contributed by atoms with Crippen LogP contribution in [0.15, 0.2) is 74.3 Å². The molecule has 0 bridgehead atoms. The van der Waals surface area contributed by atoms with Crippen molar-refractivity contribution in [3.8, 4) is 5.69 Å². The molecule has 1 unspecified atom stereocenters. The van der Waals surface area contributed by atoms with E-state index in [2.05, 4.69) is 26.0 Å². The van der Waals surface area contributed by atoms with E-state index in [1.165, 1.54) is 10.6 Å². The fourth-order valence-corrected chi connectivity index (χ4v) is 5.62. The van der Waals surface area contributed by atoms with E-state index in [-0.39, 0.29) is 10.6 Å². The number of aromatic nitrogens is 1. The van der Waals surface area contributed by atoms with Crippen molar-refractivity contribution in [3.63, 3.8) is 0 Å². The highest BCUT2D eigenvalue weighted by molar-refractivity contribution is 9.10. The van der Waals surface area contributed by atoms with Crippen molar-refractivity contribution in [1.82, 2.24) is 9.29 Å². The second kappa shape index (κ2) is 9.13. The van der Waals surface area contributed by atoms with E-state index in [4.69, 9.17) is 23.2 Å². The number of nitrogens with one attached hydrogen (secondary N) is 2. The molecule has 158 valence electrons. The van der Waals surface area contributed by atoms with Gasteiger partial charge in [0.05, 0.1) is 15.0 Å². The fraction of sp³-hybridized carbons (Fsp3) is 0. The van der Waals surface area contributed by atoms with Crippen molar-refractivity contribution in [3.05, 3.63) is 85.0 Å². The molecule has 0 aliphatic heterocycles. The molecule has 1 atom stereocenters. The van der Waals surface area contributed by atoms with E-state index in [9.17, 15) is 13.8 Å². The predicted octanol–water partition coefficient (Wildman–Crippen LogP) is 5.97. The molecule has 0 saturated carbocycles. The minimum Gasteiger partial charge on any atom is -0.307 e. The molecule has 11 heteroatoms. The average molecular weight is 557 g/mol. The van der Waals surface area contributed by atoms with Gasteiger partial charge in [-0.3, -0.25) is 14.1 Å². The summed E-state index contributed by atoms with van der Waals surface area (Å²) in [7, 11) is -1.73. The average Bonchev–Trinajstić information content (AvgIpc) is 3.16. The number of amides is 2. The molecule has 4 rings (SSSR count). The zero-order valence-corrected chi connectivity index (χ0v) is 20.1. The quantitative estimate of drug-likeness (QED) is 0.325. The van der Waals surface area contributed by atoms with E-state index in [1.54, 1.807) is 36.5 Å². The van der Waals surface area contributed by atoms with Gasteiger partial charge in [-0.05, 0) is 53.9 Å². The Morgan fingerprint density at radius 2 is 1.87 bits per heavy atom. The molecule has 0 spiro atoms. The number of nitrogens with zero attached hydrogens (tertiary/aromatic N) is 1. The van der Waals surface area contributed by atoms with Gasteiger partial charge in [-0.25, -0.2) is 9.00 Å². The lowest BCUT2D eigenvalue weighted by atomic mass is 10.1. The maximum Gasteiger partial charge on any atom is 0.331 e. The monoisotopic (exact) mass is 555 g/mol. The van der Waals surface area contributed by atoms with Crippen molar-refractivity contribution in [2.75, 3.05) is 5.32 Å². The van der Waals surface area contributed by atoms with Gasteiger partial charge in [-0.15, -0.1) is 11.3 Å². The Morgan fingerprint density at radius 3 is 2.58 bits per heavy atom. The lowest BCUT2D eigenvalue weighted by Gasteiger charge is -2.12. The Hall–Kier alpha value is -2.17. The number of anilines is 1. The van der Waals surface area contributed by atoms with Gasteiger partial charge in [0.1, 0.15) is 4.21 Å². The summed E-state index contributed by atoms with van der Waals surface area (Å²) in [5, 5.41) is 4.20. The second-order valence-electron chi connectivity index (χ2n) is 6.27. The van der Waals surface area contributed by atoms with Crippen molar-refractivity contribution in [2.45, 2.75) is 4.21 Å². The van der Waals surface area contributed by atoms with Crippen LogP contribution in [-0.4, -0.2) is 14.8 Å². The second-order valence-corrected chi connectivity index (χ2v) is 10.7. The maximum absolute atomic E-state index is 12.9. The standard InChI is InChI=1S/C20H12BrCl2N3O3S2/c21-12-2-1-11-7-8-26(19(27)14(11)9-12)16-4-3-13(10-15(16)22)24-20(28)25-31(29)18-6-5-17(23)30-18/h1-10H,(H2,24,25,28). The normalized spacial score (nSPS) is 12.0. The summed E-state index contributed by atoms with van der Waals surface area (Å²) in [6, 6.07) is 14.5. The van der Waals surface area contributed by atoms with E-state index in [0.717, 1.165) is 21.2 Å². The number of fused-ring (bicyclic) bond motifs is 1. The molecule has 2 aromatic heterocycles. The molecule has 0 fully saturated rings. The minimum atomic E-state index is -1.73. The first-order valence-electron chi connectivity index (χ1n) is 8.67. The smallest absolute Gasteiger partial charge is 0.307 e. The summed E-state index contributed by atoms with van der Waals surface area (Å²) in [5.74, 6) is 0. The van der Waals surface area contributed by atoms with Crippen molar-refractivity contribution in [2.24, 2.45) is 0 Å². The van der Waals surface area contributed by atoms with E-state index in [0.29, 0.717) is 25.3 Å². The minimum absolute atomic E-state index is 0.218. The van der Waals surface area contributed by atoms with Gasteiger partial charge >= 0.3 is 6.03 Å². The zero-order chi connectivity index (χ0) is 22.1. The van der Waals surface area contributed by atoms with Gasteiger partial charge in [-0.1, -0.05) is 45.2 Å². The van der Waals surface area contributed by atoms with Gasteiger partial charge in [0.2, 0.25) is 0 Å². The van der Waals surface area contributed by atoms with Gasteiger partial charge in [-0.2, -0.15) is 0 Å². The largest absolute Gasteiger partial charge is 0.331 e. The first-order valence-corrected chi connectivity index (χ1v) is 12.2. The van der Waals surface area contributed by atoms with Crippen LogP contribution in [0.25, 0.3) is 16.5 Å². The molecule has 4 aromatic rings. The number of benzene rings is 2. The van der Waals surface area contributed by atoms with Gasteiger partial charge in [0, 0.05) is 21.7 Å². The number of hydrogen-bond acceptors (Lipinski definition) is 4. The highest BCUT2D eigenvalue weighted by Crippen LogP contribution is 2.26. The van der Waals surface area contributed by atoms with Crippen LogP contribution < -0.4 is 15.6 Å². The first-order chi connectivity index (χ1) is 14.8. The highest BCUT2D eigenvalue weighted by atomic mass is 79.9. The molecule has 0 radical (unpaired) electrons. The Labute approximate surface area is 201 Å². The summed E-state index contributed by atoms with van der Waals surface area (Å²) in [5.41, 5.74) is 0.629. The molecule has 2 aromatic carbocycles. The Balaban J connectivity index is 1.55. The molecule has 6 nitrogen and oxygen atoms in total. The van der Waals surface area contributed by atoms with Crippen LogP contribution in [0.5, 0.6) is 0 Å². The fourth-order valence-electron chi connectivity index (χ4n) is 2.87. The van der Waals surface area contributed by atoms with Crippen molar-refractivity contribution in [1.29, 1.82) is 0 Å². The molecule has 2 N–H and O–H groups in total. The summed E-state index contributed by atoms with van der Waals surface area (Å²) in [6.07, 6.45) is 1.65. The van der Waals surface area contributed by atoms with Crippen molar-refractivity contribution < 1.29 is 9.00 Å². The van der Waals surface area contributed by atoms with E-state index < -0.39 is 17.0 Å². The van der Waals surface area contributed by atoms with Crippen LogP contribution in [0.2, 0.25) is 9.36 Å². The summed E-state index contributed by atoms with van der Waals surface area (Å²) in [6.45, 7) is 0. The Morgan fingerprint density at radius 1 is 1.06 bits per heavy atom. The van der Waals surface area contributed by atoms with Crippen LogP contribution in [-0.2, 0) is 11.0 Å². The summed E-state index contributed by atoms with van der Waals surface area (Å²) < 4.78 is 17.6. The summed E-state index contributed by atoms with van der Waals surface area (Å²) in [4.78, 5) is 25.1. The van der Waals surface area contributed by atoms with Crippen molar-refractivity contribution >= 4 is 83.9 Å². The first kappa shape index (κ1) is 22.0. The van der Waals surface area contributed by atoms with Crippen LogP contribution in [0.1, 0.15) is 0 Å². The Bertz CT molecular complexity index is 1400. The van der Waals surface area contributed by atoms with Gasteiger partial charge < -0.3 is 5.32 Å². The molecule has 0 aliphatic carbocycles. The molecule has 31 heavy (non-hydrogen) atoms. The molecule has 2 heterocycles. The van der Waals surface area contributed by atoms with Gasteiger partial charge in [0.25, 0.3) is 5.56 Å². The van der Waals surface area contributed by atoms with E-state index in [1.807, 2.05) is 18.2 Å². The molecular formula is C20H12BrCl2N3O3S2. The summed E-state index contributed by atoms with van der Waals surface area (Å²) >= 11 is 16.7. The molecular weight excluding hydrogens is 545 g/mol. The highest BCUT2D eigenvalue weighted by Gasteiger charge is 2.13. The lowest BCUT2D eigenvalue weighted by Crippen LogP contribution is -2.30. The van der Waals surface area contributed by atoms with Crippen LogP contribution in [0.4, 0.5) is 10.5 Å². The third kappa shape index (κ3) is 4.86. The van der Waals surface area contributed by atoms with Crippen LogP contribution >= 0.6 is 50.5 Å². The zero-order valence-electron chi connectivity index (χ0n) is 15.4. The number of rotatable bonds is 4. The number of urea groups is 1. The van der Waals surface area contributed by atoms with Gasteiger partial charge in [0.15, 0.2) is 11.0 Å². The Kier molecular flexibility index (Phi) is 6.49. The predicted molar refractivity (Wildman–Crippen MR) is 130 cm³/mol. The lowest BCUT2D eigenvalue weighted by molar-refractivity contribution is 0.257. The number of halogens is 3. The number of hydrogen-bond donors (Lipinski definition) is 2. The van der Waals surface area contributed by atoms with Crippen LogP contribution in [0.3, 0.4) is 0 Å². The van der Waals surface area contributed by atoms with Crippen LogP contribution in [0, 0.1) is 0 Å². The molecule has 0 saturated heterocycles. The third-order valence-electron chi connectivity index (χ3n) is 4.25. The number of pyridine rings is 1. The number of carbonyl (C=O) groups is 1. The topological polar surface area (TPSA) is 80.2 Å². The molecule has 0 aliphatic rings. The third-order valence-corrected chi connectivity index (χ3v) is 7.65. The number of thiophene rings is 1. The van der Waals surface area contributed by atoms with E-state index >= 15 is 0 Å². The SMILES string of the molecule is O=C(Nc1ccc(-n2ccc3ccc(Br)cc3c2=O)c(Cl)c1)NS(=O)c1ccc(Cl)s1. The number of carbonyl (C=O) groups excluding carboxylic acids is 1. The maximum atomic E-state index is 12.9.